The van der Waals surface area contributed by atoms with Crippen LogP contribution in [0.25, 0.3) is 0 Å². The molecule has 18 heavy (non-hydrogen) atoms. The molecule has 1 aromatic rings. The van der Waals surface area contributed by atoms with Gasteiger partial charge in [0, 0.05) is 22.0 Å². The van der Waals surface area contributed by atoms with Gasteiger partial charge in [-0.1, -0.05) is 48.6 Å². The van der Waals surface area contributed by atoms with E-state index in [0.29, 0.717) is 6.04 Å². The van der Waals surface area contributed by atoms with Crippen LogP contribution in [0.5, 0.6) is 0 Å². The Morgan fingerprint density at radius 1 is 1.17 bits per heavy atom. The average molecular weight is 278 g/mol. The predicted octanol–water partition coefficient (Wildman–Crippen LogP) is 2.69. The Kier molecular flexibility index (Phi) is 4.99. The molecule has 100 valence electrons. The molecule has 0 heterocycles. The first-order chi connectivity index (χ1) is 8.23. The lowest BCUT2D eigenvalue weighted by atomic mass is 10.1. The van der Waals surface area contributed by atoms with Crippen LogP contribution in [-0.2, 0) is 0 Å². The molecule has 0 saturated heterocycles. The molecule has 0 aliphatic heterocycles. The van der Waals surface area contributed by atoms with Crippen molar-refractivity contribution in [2.45, 2.75) is 46.5 Å². The first kappa shape index (κ1) is 15.3. The Labute approximate surface area is 116 Å². The summed E-state index contributed by atoms with van der Waals surface area (Å²) < 4.78 is 0. The molecule has 0 saturated carbocycles. The molecule has 0 spiro atoms. The second-order valence-corrected chi connectivity index (χ2v) is 12.9. The van der Waals surface area contributed by atoms with Crippen molar-refractivity contribution in [3.8, 4) is 0 Å². The standard InChI is InChI=1S/C15H27NSi2/c1-11(13(3)17)12(2)16-14-9-7-8-10-15(14)18(4,5)6/h7-10,12,16H,1-6,17H3. The van der Waals surface area contributed by atoms with Gasteiger partial charge in [0.1, 0.15) is 0 Å². The fraction of sp³-hybridized carbons (Fsp3) is 0.467. The van der Waals surface area contributed by atoms with E-state index in [1.807, 2.05) is 0 Å². The second-order valence-electron chi connectivity index (χ2n) is 6.34. The summed E-state index contributed by atoms with van der Waals surface area (Å²) in [7, 11) is -0.121. The third-order valence-electron chi connectivity index (χ3n) is 3.55. The highest BCUT2D eigenvalue weighted by Crippen LogP contribution is 2.16. The SMILES string of the molecule is CC([SiH3])=C(C)C(C)Nc1ccccc1[Si](C)(C)C. The third kappa shape index (κ3) is 3.85. The van der Waals surface area contributed by atoms with E-state index in [1.54, 1.807) is 5.20 Å². The van der Waals surface area contributed by atoms with Crippen LogP contribution in [0.1, 0.15) is 20.8 Å². The van der Waals surface area contributed by atoms with E-state index >= 15 is 0 Å². The van der Waals surface area contributed by atoms with Crippen LogP contribution in [0.15, 0.2) is 35.0 Å². The summed E-state index contributed by atoms with van der Waals surface area (Å²) in [4.78, 5) is 0. The summed E-state index contributed by atoms with van der Waals surface area (Å²) >= 11 is 0. The number of rotatable bonds is 4. The van der Waals surface area contributed by atoms with Gasteiger partial charge in [-0.2, -0.15) is 0 Å². The van der Waals surface area contributed by atoms with Gasteiger partial charge in [0.25, 0.3) is 0 Å². The molecular weight excluding hydrogens is 250 g/mol. The maximum atomic E-state index is 3.70. The van der Waals surface area contributed by atoms with E-state index in [1.165, 1.54) is 16.4 Å². The molecule has 1 nitrogen and oxygen atoms in total. The van der Waals surface area contributed by atoms with Crippen molar-refractivity contribution in [1.82, 2.24) is 0 Å². The smallest absolute Gasteiger partial charge is 0.0803 e. The van der Waals surface area contributed by atoms with E-state index in [-0.39, 0.29) is 0 Å². The topological polar surface area (TPSA) is 12.0 Å². The molecule has 0 aromatic heterocycles. The van der Waals surface area contributed by atoms with Crippen LogP contribution in [0, 0.1) is 0 Å². The molecule has 1 atom stereocenters. The molecule has 0 amide bonds. The monoisotopic (exact) mass is 277 g/mol. The fourth-order valence-corrected chi connectivity index (χ4v) is 4.03. The zero-order valence-electron chi connectivity index (χ0n) is 12.9. The number of hydrogen-bond acceptors (Lipinski definition) is 1. The lowest BCUT2D eigenvalue weighted by Gasteiger charge is -2.25. The maximum absolute atomic E-state index is 3.70. The van der Waals surface area contributed by atoms with Crippen LogP contribution < -0.4 is 10.5 Å². The van der Waals surface area contributed by atoms with Gasteiger partial charge >= 0.3 is 0 Å². The third-order valence-corrected chi connectivity index (χ3v) is 6.39. The van der Waals surface area contributed by atoms with Crippen LogP contribution >= 0.6 is 0 Å². The Hall–Kier alpha value is -0.806. The molecule has 0 bridgehead atoms. The van der Waals surface area contributed by atoms with Gasteiger partial charge in [-0.05, 0) is 32.0 Å². The van der Waals surface area contributed by atoms with Gasteiger partial charge in [0.2, 0.25) is 0 Å². The first-order valence-electron chi connectivity index (χ1n) is 6.73. The highest BCUT2D eigenvalue weighted by molar-refractivity contribution is 6.89. The minimum absolute atomic E-state index is 0.431. The molecule has 3 heteroatoms. The minimum Gasteiger partial charge on any atom is -0.379 e. The molecule has 0 aliphatic rings. The zero-order valence-corrected chi connectivity index (χ0v) is 15.9. The zero-order chi connectivity index (χ0) is 13.9. The summed E-state index contributed by atoms with van der Waals surface area (Å²) in [5, 5.41) is 6.76. The highest BCUT2D eigenvalue weighted by Gasteiger charge is 2.20. The molecular formula is C15H27NSi2. The molecule has 1 aromatic carbocycles. The van der Waals surface area contributed by atoms with Crippen molar-refractivity contribution in [2.24, 2.45) is 0 Å². The van der Waals surface area contributed by atoms with E-state index in [9.17, 15) is 0 Å². The summed E-state index contributed by atoms with van der Waals surface area (Å²) in [5.74, 6) is 0. The van der Waals surface area contributed by atoms with Crippen molar-refractivity contribution in [2.75, 3.05) is 5.32 Å². The number of nitrogens with one attached hydrogen (secondary N) is 1. The first-order valence-corrected chi connectivity index (χ1v) is 11.2. The summed E-state index contributed by atoms with van der Waals surface area (Å²) in [6, 6.07) is 9.23. The van der Waals surface area contributed by atoms with Crippen molar-refractivity contribution < 1.29 is 0 Å². The Balaban J connectivity index is 3.03. The highest BCUT2D eigenvalue weighted by atomic mass is 28.3. The fourth-order valence-electron chi connectivity index (χ4n) is 2.04. The number of hydrogen-bond donors (Lipinski definition) is 1. The maximum Gasteiger partial charge on any atom is 0.0803 e. The van der Waals surface area contributed by atoms with Gasteiger partial charge in [-0.3, -0.25) is 0 Å². The minimum atomic E-state index is -1.28. The van der Waals surface area contributed by atoms with Crippen molar-refractivity contribution in [3.05, 3.63) is 35.0 Å². The van der Waals surface area contributed by atoms with Gasteiger partial charge < -0.3 is 5.32 Å². The molecule has 0 radical (unpaired) electrons. The van der Waals surface area contributed by atoms with Gasteiger partial charge in [-0.25, -0.2) is 0 Å². The largest absolute Gasteiger partial charge is 0.379 e. The molecule has 0 fully saturated rings. The molecule has 1 rings (SSSR count). The van der Waals surface area contributed by atoms with E-state index < -0.39 is 8.07 Å². The van der Waals surface area contributed by atoms with Crippen LogP contribution in [0.3, 0.4) is 0 Å². The molecule has 0 aliphatic carbocycles. The van der Waals surface area contributed by atoms with Gasteiger partial charge in [0.15, 0.2) is 0 Å². The van der Waals surface area contributed by atoms with Crippen LogP contribution in [0.4, 0.5) is 5.69 Å². The van der Waals surface area contributed by atoms with E-state index in [4.69, 9.17) is 0 Å². The van der Waals surface area contributed by atoms with E-state index in [2.05, 4.69) is 70.0 Å². The normalized spacial score (nSPS) is 15.2. The number of benzene rings is 1. The van der Waals surface area contributed by atoms with Crippen LogP contribution in [-0.4, -0.2) is 24.4 Å². The Bertz CT molecular complexity index is 440. The Morgan fingerprint density at radius 2 is 1.72 bits per heavy atom. The number of para-hydroxylation sites is 1. The average Bonchev–Trinajstić information content (AvgIpc) is 2.27. The van der Waals surface area contributed by atoms with E-state index in [0.717, 1.165) is 10.2 Å². The van der Waals surface area contributed by atoms with Gasteiger partial charge in [0.05, 0.1) is 8.07 Å². The Morgan fingerprint density at radius 3 is 2.22 bits per heavy atom. The number of allylic oxidation sites excluding steroid dienone is 1. The lowest BCUT2D eigenvalue weighted by molar-refractivity contribution is 0.917. The van der Waals surface area contributed by atoms with Crippen LogP contribution in [0.2, 0.25) is 19.6 Å². The van der Waals surface area contributed by atoms with Gasteiger partial charge in [-0.15, -0.1) is 0 Å². The summed E-state index contributed by atoms with van der Waals surface area (Å²) in [6.45, 7) is 14.0. The number of anilines is 1. The second kappa shape index (κ2) is 5.89. The van der Waals surface area contributed by atoms with Crippen molar-refractivity contribution >= 4 is 29.2 Å². The molecule has 1 unspecified atom stereocenters. The van der Waals surface area contributed by atoms with Crippen molar-refractivity contribution in [1.29, 1.82) is 0 Å². The lowest BCUT2D eigenvalue weighted by Crippen LogP contribution is -2.40. The summed E-state index contributed by atoms with van der Waals surface area (Å²) in [6.07, 6.45) is 0. The predicted molar refractivity (Wildman–Crippen MR) is 90.8 cm³/mol. The quantitative estimate of drug-likeness (QED) is 0.835. The summed E-state index contributed by atoms with van der Waals surface area (Å²) in [5.41, 5.74) is 2.82. The molecule has 1 N–H and O–H groups in total. The van der Waals surface area contributed by atoms with Crippen molar-refractivity contribution in [3.63, 3.8) is 0 Å².